The van der Waals surface area contributed by atoms with E-state index in [-0.39, 0.29) is 5.75 Å². The molecule has 0 saturated heterocycles. The molecule has 2 unspecified atom stereocenters. The number of nitrogens with zero attached hydrogens (tertiary/aromatic N) is 3. The van der Waals surface area contributed by atoms with Crippen LogP contribution in [0.5, 0.6) is 5.75 Å². The van der Waals surface area contributed by atoms with Crippen LogP contribution in [0.1, 0.15) is 5.01 Å². The highest BCUT2D eigenvalue weighted by molar-refractivity contribution is 7.18. The number of azo groups is 1. The zero-order valence-corrected chi connectivity index (χ0v) is 14.0. The van der Waals surface area contributed by atoms with Crippen LogP contribution < -0.4 is 0 Å². The molecule has 0 saturated carbocycles. The van der Waals surface area contributed by atoms with E-state index < -0.39 is 11.6 Å². The van der Waals surface area contributed by atoms with Crippen LogP contribution in [0.15, 0.2) is 83.1 Å². The van der Waals surface area contributed by atoms with Crippen molar-refractivity contribution < 1.29 is 10.2 Å². The van der Waals surface area contributed by atoms with Gasteiger partial charge < -0.3 is 10.2 Å². The minimum Gasteiger partial charge on any atom is -0.506 e. The van der Waals surface area contributed by atoms with Gasteiger partial charge in [-0.3, -0.25) is 0 Å². The molecule has 0 aliphatic heterocycles. The van der Waals surface area contributed by atoms with Gasteiger partial charge in [-0.1, -0.05) is 42.5 Å². The predicted octanol–water partition coefficient (Wildman–Crippen LogP) is 4.47. The van der Waals surface area contributed by atoms with Crippen molar-refractivity contribution in [1.29, 1.82) is 0 Å². The van der Waals surface area contributed by atoms with Crippen LogP contribution in [0.25, 0.3) is 10.2 Å². The lowest BCUT2D eigenvalue weighted by Crippen LogP contribution is -2.35. The first kappa shape index (κ1) is 15.7. The molecule has 4 rings (SSSR count). The Morgan fingerprint density at radius 2 is 1.84 bits per heavy atom. The van der Waals surface area contributed by atoms with Crippen molar-refractivity contribution in [3.8, 4) is 5.75 Å². The van der Waals surface area contributed by atoms with Gasteiger partial charge in [0.05, 0.1) is 10.2 Å². The number of phenols is 1. The summed E-state index contributed by atoms with van der Waals surface area (Å²) in [5, 5.41) is 29.8. The summed E-state index contributed by atoms with van der Waals surface area (Å²) >= 11 is 1.47. The molecule has 1 aliphatic carbocycles. The Morgan fingerprint density at radius 3 is 2.64 bits per heavy atom. The molecule has 3 aromatic rings. The maximum atomic E-state index is 10.7. The van der Waals surface area contributed by atoms with Gasteiger partial charge in [0, 0.05) is 0 Å². The number of benzene rings is 2. The van der Waals surface area contributed by atoms with Crippen LogP contribution in [-0.2, 0) is 5.54 Å². The number of allylic oxidation sites excluding steroid dienone is 2. The highest BCUT2D eigenvalue weighted by Crippen LogP contribution is 2.40. The van der Waals surface area contributed by atoms with Gasteiger partial charge in [-0.05, 0) is 30.3 Å². The number of aliphatic hydroxyl groups is 1. The van der Waals surface area contributed by atoms with Gasteiger partial charge in [0.1, 0.15) is 22.5 Å². The molecular weight excluding hydrogens is 334 g/mol. The summed E-state index contributed by atoms with van der Waals surface area (Å²) in [4.78, 5) is 4.65. The summed E-state index contributed by atoms with van der Waals surface area (Å²) in [5.41, 5.74) is 0.0914. The number of hydrogen-bond donors (Lipinski definition) is 2. The van der Waals surface area contributed by atoms with Crippen LogP contribution in [0.3, 0.4) is 0 Å². The molecule has 124 valence electrons. The first-order valence-corrected chi connectivity index (χ1v) is 8.62. The zero-order valence-electron chi connectivity index (χ0n) is 13.1. The first-order valence-electron chi connectivity index (χ1n) is 7.80. The molecule has 0 radical (unpaired) electrons. The van der Waals surface area contributed by atoms with Gasteiger partial charge in [0.2, 0.25) is 0 Å². The normalized spacial score (nSPS) is 22.8. The van der Waals surface area contributed by atoms with Crippen LogP contribution in [-0.4, -0.2) is 21.3 Å². The van der Waals surface area contributed by atoms with Crippen molar-refractivity contribution in [3.05, 3.63) is 77.8 Å². The van der Waals surface area contributed by atoms with E-state index in [0.717, 1.165) is 10.2 Å². The molecule has 0 amide bonds. The lowest BCUT2D eigenvalue weighted by Gasteiger charge is -2.28. The second kappa shape index (κ2) is 6.23. The van der Waals surface area contributed by atoms with Gasteiger partial charge in [-0.15, -0.1) is 11.3 Å². The highest BCUT2D eigenvalue weighted by Gasteiger charge is 2.41. The van der Waals surface area contributed by atoms with E-state index in [1.165, 1.54) is 11.3 Å². The molecule has 2 N–H and O–H groups in total. The maximum absolute atomic E-state index is 10.7. The fourth-order valence-corrected chi connectivity index (χ4v) is 3.79. The Hall–Kier alpha value is -2.83. The Bertz CT molecular complexity index is 976. The SMILES string of the molecule is Oc1ccccc1N=NC1(c2nc3ccccc3s2)C=CC=CC1O. The maximum Gasteiger partial charge on any atom is 0.181 e. The van der Waals surface area contributed by atoms with Gasteiger partial charge in [0.25, 0.3) is 0 Å². The number of aliphatic hydroxyl groups excluding tert-OH is 1. The van der Waals surface area contributed by atoms with Gasteiger partial charge in [0.15, 0.2) is 5.54 Å². The Kier molecular flexibility index (Phi) is 3.91. The zero-order chi connectivity index (χ0) is 17.3. The number of rotatable bonds is 3. The van der Waals surface area contributed by atoms with Crippen LogP contribution >= 0.6 is 11.3 Å². The Balaban J connectivity index is 1.84. The smallest absolute Gasteiger partial charge is 0.181 e. The van der Waals surface area contributed by atoms with Crippen LogP contribution in [0, 0.1) is 0 Å². The Morgan fingerprint density at radius 1 is 1.04 bits per heavy atom. The van der Waals surface area contributed by atoms with E-state index >= 15 is 0 Å². The topological polar surface area (TPSA) is 78.1 Å². The van der Waals surface area contributed by atoms with E-state index in [9.17, 15) is 10.2 Å². The fraction of sp³-hybridized carbons (Fsp3) is 0.105. The van der Waals surface area contributed by atoms with E-state index in [1.807, 2.05) is 30.3 Å². The van der Waals surface area contributed by atoms with Crippen molar-refractivity contribution in [3.63, 3.8) is 0 Å². The standard InChI is InChI=1S/C19H15N3O2S/c23-15-9-3-1-7-13(15)21-22-19(12-6-5-11-17(19)24)18-20-14-8-2-4-10-16(14)25-18/h1-12,17,23-24H. The van der Waals surface area contributed by atoms with Crippen molar-refractivity contribution in [2.45, 2.75) is 11.6 Å². The lowest BCUT2D eigenvalue weighted by atomic mass is 9.90. The van der Waals surface area contributed by atoms with E-state index in [4.69, 9.17) is 0 Å². The summed E-state index contributed by atoms with van der Waals surface area (Å²) in [6.07, 6.45) is 6.15. The summed E-state index contributed by atoms with van der Waals surface area (Å²) in [7, 11) is 0. The highest BCUT2D eigenvalue weighted by atomic mass is 32.1. The molecule has 0 bridgehead atoms. The molecule has 25 heavy (non-hydrogen) atoms. The number of thiazole rings is 1. The average Bonchev–Trinajstić information content (AvgIpc) is 3.07. The molecule has 5 nitrogen and oxygen atoms in total. The molecule has 1 aliphatic rings. The number of hydrogen-bond acceptors (Lipinski definition) is 6. The van der Waals surface area contributed by atoms with Crippen molar-refractivity contribution >= 4 is 27.2 Å². The lowest BCUT2D eigenvalue weighted by molar-refractivity contribution is 0.149. The van der Waals surface area contributed by atoms with Crippen molar-refractivity contribution in [2.75, 3.05) is 0 Å². The third-order valence-electron chi connectivity index (χ3n) is 4.05. The van der Waals surface area contributed by atoms with Gasteiger partial charge >= 0.3 is 0 Å². The number of para-hydroxylation sites is 2. The number of fused-ring (bicyclic) bond motifs is 1. The molecule has 0 spiro atoms. The van der Waals surface area contributed by atoms with Crippen molar-refractivity contribution in [1.82, 2.24) is 4.98 Å². The fourth-order valence-electron chi connectivity index (χ4n) is 2.68. The Labute approximate surface area is 148 Å². The number of aromatic hydroxyl groups is 1. The molecule has 0 fully saturated rings. The molecule has 1 aromatic heterocycles. The first-order chi connectivity index (χ1) is 12.2. The van der Waals surface area contributed by atoms with Crippen LogP contribution in [0.4, 0.5) is 5.69 Å². The third-order valence-corrected chi connectivity index (χ3v) is 5.22. The van der Waals surface area contributed by atoms with E-state index in [1.54, 1.807) is 42.5 Å². The largest absolute Gasteiger partial charge is 0.506 e. The molecule has 6 heteroatoms. The predicted molar refractivity (Wildman–Crippen MR) is 98.2 cm³/mol. The second-order valence-electron chi connectivity index (χ2n) is 5.69. The van der Waals surface area contributed by atoms with Crippen LogP contribution in [0.2, 0.25) is 0 Å². The molecule has 1 heterocycles. The quantitative estimate of drug-likeness (QED) is 0.685. The molecule has 2 aromatic carbocycles. The molecular formula is C19H15N3O2S. The van der Waals surface area contributed by atoms with E-state index in [0.29, 0.717) is 10.7 Å². The number of phenolic OH excluding ortho intramolecular Hbond substituents is 1. The van der Waals surface area contributed by atoms with Gasteiger partial charge in [-0.2, -0.15) is 10.2 Å². The molecule has 2 atom stereocenters. The monoisotopic (exact) mass is 349 g/mol. The second-order valence-corrected chi connectivity index (χ2v) is 6.72. The summed E-state index contributed by atoms with van der Waals surface area (Å²) in [6.45, 7) is 0. The van der Waals surface area contributed by atoms with E-state index in [2.05, 4.69) is 15.2 Å². The summed E-state index contributed by atoms with van der Waals surface area (Å²) < 4.78 is 1.02. The minimum absolute atomic E-state index is 0.0375. The van der Waals surface area contributed by atoms with Gasteiger partial charge in [-0.25, -0.2) is 4.98 Å². The average molecular weight is 349 g/mol. The number of aromatic nitrogens is 1. The minimum atomic E-state index is -1.11. The third kappa shape index (κ3) is 2.75. The van der Waals surface area contributed by atoms with Crippen molar-refractivity contribution in [2.24, 2.45) is 10.2 Å². The summed E-state index contributed by atoms with van der Waals surface area (Å²) in [5.74, 6) is 0.0375. The summed E-state index contributed by atoms with van der Waals surface area (Å²) in [6, 6.07) is 14.5.